The summed E-state index contributed by atoms with van der Waals surface area (Å²) in [7, 11) is 0. The summed E-state index contributed by atoms with van der Waals surface area (Å²) < 4.78 is 11.6. The second-order valence-electron chi connectivity index (χ2n) is 9.50. The Morgan fingerprint density at radius 2 is 2.00 bits per heavy atom. The van der Waals surface area contributed by atoms with Crippen LogP contribution < -0.4 is 15.4 Å². The van der Waals surface area contributed by atoms with Gasteiger partial charge in [0, 0.05) is 65.7 Å². The smallest absolute Gasteiger partial charge is 0.287 e. The number of furan rings is 1. The zero-order valence-corrected chi connectivity index (χ0v) is 23.3. The van der Waals surface area contributed by atoms with Crippen molar-refractivity contribution < 1.29 is 23.5 Å². The van der Waals surface area contributed by atoms with Crippen LogP contribution in [0, 0.1) is 6.92 Å². The van der Waals surface area contributed by atoms with Gasteiger partial charge in [-0.3, -0.25) is 19.4 Å². The third-order valence-electron chi connectivity index (χ3n) is 6.54. The first-order valence-electron chi connectivity index (χ1n) is 12.9. The fourth-order valence-electron chi connectivity index (χ4n) is 4.44. The van der Waals surface area contributed by atoms with Gasteiger partial charge in [0.2, 0.25) is 11.8 Å². The molecule has 1 aliphatic heterocycles. The minimum atomic E-state index is -0.979. The van der Waals surface area contributed by atoms with Gasteiger partial charge >= 0.3 is 0 Å². The molecule has 5 rings (SSSR count). The van der Waals surface area contributed by atoms with Crippen molar-refractivity contribution in [1.82, 2.24) is 25.5 Å². The van der Waals surface area contributed by atoms with E-state index in [1.807, 2.05) is 6.92 Å². The summed E-state index contributed by atoms with van der Waals surface area (Å²) in [6, 6.07) is 11.0. The lowest BCUT2D eigenvalue weighted by molar-refractivity contribution is -0.134. The molecule has 1 aliphatic rings. The number of fused-ring (bicyclic) bond motifs is 1. The van der Waals surface area contributed by atoms with Gasteiger partial charge in [0.15, 0.2) is 5.76 Å². The Morgan fingerprint density at radius 1 is 1.18 bits per heavy atom. The maximum Gasteiger partial charge on any atom is 0.287 e. The number of carbonyl (C=O) groups excluding carboxylic acids is 3. The Hall–Kier alpha value is -3.96. The number of likely N-dealkylation sites (tertiary alicyclic amines) is 1. The first kappa shape index (κ1) is 27.6. The van der Waals surface area contributed by atoms with Crippen LogP contribution in [0.25, 0.3) is 11.0 Å². The molecule has 0 saturated carbocycles. The molecule has 0 bridgehead atoms. The number of pyridine rings is 1. The fraction of sp³-hybridized carbons (Fsp3) is 0.321. The number of amides is 3. The Kier molecular flexibility index (Phi) is 8.61. The highest BCUT2D eigenvalue weighted by Gasteiger charge is 2.27. The number of piperidine rings is 1. The third-order valence-corrected chi connectivity index (χ3v) is 7.58. The monoisotopic (exact) mass is 581 g/mol. The lowest BCUT2D eigenvalue weighted by Crippen LogP contribution is -2.51. The molecule has 4 aromatic rings. The minimum absolute atomic E-state index is 0.00330. The molecule has 3 amide bonds. The van der Waals surface area contributed by atoms with E-state index in [1.54, 1.807) is 59.8 Å². The van der Waals surface area contributed by atoms with Crippen LogP contribution in [-0.2, 0) is 16.0 Å². The van der Waals surface area contributed by atoms with Gasteiger partial charge in [0.1, 0.15) is 17.7 Å². The normalized spacial score (nSPS) is 14.6. The number of nitrogens with zero attached hydrogens (tertiary/aromatic N) is 3. The summed E-state index contributed by atoms with van der Waals surface area (Å²) in [4.78, 5) is 50.4. The van der Waals surface area contributed by atoms with E-state index >= 15 is 0 Å². The summed E-state index contributed by atoms with van der Waals surface area (Å²) in [6.07, 6.45) is 4.88. The van der Waals surface area contributed by atoms with Crippen LogP contribution in [0.2, 0.25) is 5.02 Å². The molecule has 0 unspecified atom stereocenters. The van der Waals surface area contributed by atoms with Crippen LogP contribution >= 0.6 is 22.9 Å². The fourth-order valence-corrected chi connectivity index (χ4v) is 5.30. The van der Waals surface area contributed by atoms with Crippen LogP contribution in [-0.4, -0.2) is 64.4 Å². The molecule has 2 N–H and O–H groups in total. The molecule has 4 heterocycles. The number of halogens is 1. The second-order valence-corrected chi connectivity index (χ2v) is 11.1. The average Bonchev–Trinajstić information content (AvgIpc) is 3.57. The number of carbonyl (C=O) groups is 3. The van der Waals surface area contributed by atoms with Crippen molar-refractivity contribution in [3.8, 4) is 5.19 Å². The number of hydrogen-bond donors (Lipinski definition) is 2. The Morgan fingerprint density at radius 3 is 2.73 bits per heavy atom. The van der Waals surface area contributed by atoms with Gasteiger partial charge in [-0.25, -0.2) is 4.98 Å². The first-order chi connectivity index (χ1) is 19.3. The van der Waals surface area contributed by atoms with Gasteiger partial charge in [-0.1, -0.05) is 29.0 Å². The number of aryl methyl sites for hydroxylation is 1. The van der Waals surface area contributed by atoms with Crippen molar-refractivity contribution >= 4 is 51.6 Å². The van der Waals surface area contributed by atoms with E-state index in [4.69, 9.17) is 20.8 Å². The van der Waals surface area contributed by atoms with E-state index in [2.05, 4.69) is 20.6 Å². The molecular formula is C28H28ClN5O5S. The number of hydrogen-bond acceptors (Lipinski definition) is 8. The molecule has 10 nitrogen and oxygen atoms in total. The summed E-state index contributed by atoms with van der Waals surface area (Å²) in [5.41, 5.74) is 1.12. The van der Waals surface area contributed by atoms with Crippen LogP contribution in [0.3, 0.4) is 0 Å². The molecule has 1 atom stereocenters. The quantitative estimate of drug-likeness (QED) is 0.308. The molecule has 12 heteroatoms. The second kappa shape index (κ2) is 12.5. The predicted octanol–water partition coefficient (Wildman–Crippen LogP) is 3.77. The zero-order chi connectivity index (χ0) is 28.1. The van der Waals surface area contributed by atoms with E-state index < -0.39 is 17.9 Å². The van der Waals surface area contributed by atoms with E-state index in [9.17, 15) is 14.4 Å². The molecule has 3 aromatic heterocycles. The highest BCUT2D eigenvalue weighted by molar-refractivity contribution is 7.13. The van der Waals surface area contributed by atoms with Crippen LogP contribution in [0.4, 0.5) is 0 Å². The maximum absolute atomic E-state index is 13.2. The van der Waals surface area contributed by atoms with Crippen molar-refractivity contribution in [3.05, 3.63) is 76.2 Å². The summed E-state index contributed by atoms with van der Waals surface area (Å²) in [6.45, 7) is 2.83. The Balaban J connectivity index is 1.18. The lowest BCUT2D eigenvalue weighted by Gasteiger charge is -2.31. The average molecular weight is 582 g/mol. The Bertz CT molecular complexity index is 1500. The Labute approximate surface area is 239 Å². The molecule has 208 valence electrons. The largest absolute Gasteiger partial charge is 0.467 e. The standard InChI is InChI=1S/C28H28ClN5O5S/c1-17-15-32-28(40-17)38-21-7-10-34(11-8-21)25(35)16-31-26(36)22(14-20-4-2-3-9-30-20)33-27(37)24-13-18-12-19(29)5-6-23(18)39-24/h2-6,9,12-13,15,21-22H,7-8,10-11,14,16H2,1H3,(H,31,36)(H,33,37)/t22-/m0/s1. The summed E-state index contributed by atoms with van der Waals surface area (Å²) >= 11 is 7.54. The van der Waals surface area contributed by atoms with Crippen molar-refractivity contribution in [3.63, 3.8) is 0 Å². The highest BCUT2D eigenvalue weighted by atomic mass is 35.5. The van der Waals surface area contributed by atoms with Gasteiger partial charge in [-0.2, -0.15) is 0 Å². The van der Waals surface area contributed by atoms with Crippen molar-refractivity contribution in [2.45, 2.75) is 38.3 Å². The zero-order valence-electron chi connectivity index (χ0n) is 21.8. The lowest BCUT2D eigenvalue weighted by atomic mass is 10.1. The van der Waals surface area contributed by atoms with Gasteiger partial charge in [0.05, 0.1) is 6.54 Å². The molecule has 0 radical (unpaired) electrons. The molecular weight excluding hydrogens is 554 g/mol. The summed E-state index contributed by atoms with van der Waals surface area (Å²) in [5, 5.41) is 7.24. The molecule has 1 aromatic carbocycles. The van der Waals surface area contributed by atoms with E-state index in [1.165, 1.54) is 11.3 Å². The predicted molar refractivity (Wildman–Crippen MR) is 151 cm³/mol. The van der Waals surface area contributed by atoms with Crippen LogP contribution in [0.15, 0.2) is 59.3 Å². The number of aromatic nitrogens is 2. The minimum Gasteiger partial charge on any atom is -0.467 e. The number of rotatable bonds is 9. The van der Waals surface area contributed by atoms with Gasteiger partial charge in [-0.05, 0) is 43.3 Å². The molecule has 0 aliphatic carbocycles. The van der Waals surface area contributed by atoms with Crippen LogP contribution in [0.1, 0.15) is 34.0 Å². The van der Waals surface area contributed by atoms with Crippen molar-refractivity contribution in [2.24, 2.45) is 0 Å². The van der Waals surface area contributed by atoms with Gasteiger partial charge in [-0.15, -0.1) is 0 Å². The summed E-state index contributed by atoms with van der Waals surface area (Å²) in [5.74, 6) is -1.21. The number of ether oxygens (including phenoxy) is 1. The molecule has 1 fully saturated rings. The first-order valence-corrected chi connectivity index (χ1v) is 14.1. The SMILES string of the molecule is Cc1cnc(OC2CCN(C(=O)CNC(=O)[C@H](Cc3ccccn3)NC(=O)c3cc4cc(Cl)ccc4o3)CC2)s1. The molecule has 40 heavy (non-hydrogen) atoms. The topological polar surface area (TPSA) is 127 Å². The van der Waals surface area contributed by atoms with E-state index in [0.29, 0.717) is 52.8 Å². The van der Waals surface area contributed by atoms with Crippen molar-refractivity contribution in [2.75, 3.05) is 19.6 Å². The third kappa shape index (κ3) is 6.97. The van der Waals surface area contributed by atoms with E-state index in [-0.39, 0.29) is 30.7 Å². The van der Waals surface area contributed by atoms with Crippen LogP contribution in [0.5, 0.6) is 5.19 Å². The van der Waals surface area contributed by atoms with Crippen molar-refractivity contribution in [1.29, 1.82) is 0 Å². The van der Waals surface area contributed by atoms with E-state index in [0.717, 1.165) is 4.88 Å². The molecule has 1 saturated heterocycles. The maximum atomic E-state index is 13.2. The van der Waals surface area contributed by atoms with Gasteiger partial charge < -0.3 is 24.7 Å². The number of benzene rings is 1. The highest BCUT2D eigenvalue weighted by Crippen LogP contribution is 2.24. The number of thiazole rings is 1. The molecule has 0 spiro atoms. The van der Waals surface area contributed by atoms with Gasteiger partial charge in [0.25, 0.3) is 11.1 Å². The number of nitrogens with one attached hydrogen (secondary N) is 2.